The van der Waals surface area contributed by atoms with Crippen LogP contribution in [0.5, 0.6) is 5.75 Å². The van der Waals surface area contributed by atoms with E-state index in [0.29, 0.717) is 22.2 Å². The molecule has 0 unspecified atom stereocenters. The highest BCUT2D eigenvalue weighted by Gasteiger charge is 2.31. The molecule has 0 aliphatic heterocycles. The molecule has 3 rings (SSSR count). The van der Waals surface area contributed by atoms with Crippen molar-refractivity contribution in [3.63, 3.8) is 0 Å². The second-order valence-electron chi connectivity index (χ2n) is 8.12. The van der Waals surface area contributed by atoms with Gasteiger partial charge in [-0.05, 0) is 55.2 Å². The second kappa shape index (κ2) is 12.1. The van der Waals surface area contributed by atoms with Crippen LogP contribution in [0.15, 0.2) is 48.5 Å². The van der Waals surface area contributed by atoms with E-state index in [1.807, 2.05) is 25.1 Å². The Bertz CT molecular complexity index is 898. The average Bonchev–Trinajstić information content (AvgIpc) is 2.80. The van der Waals surface area contributed by atoms with Gasteiger partial charge >= 0.3 is 0 Å². The maximum Gasteiger partial charge on any atom is 0.261 e. The molecule has 5 nitrogen and oxygen atoms in total. The van der Waals surface area contributed by atoms with Gasteiger partial charge in [-0.15, -0.1) is 0 Å². The fourth-order valence-corrected chi connectivity index (χ4v) is 4.35. The largest absolute Gasteiger partial charge is 0.484 e. The first-order valence-corrected chi connectivity index (χ1v) is 11.9. The van der Waals surface area contributed by atoms with Gasteiger partial charge in [-0.2, -0.15) is 0 Å². The summed E-state index contributed by atoms with van der Waals surface area (Å²) in [6.45, 7) is 1.97. The van der Waals surface area contributed by atoms with Gasteiger partial charge in [-0.3, -0.25) is 9.59 Å². The molecule has 7 heteroatoms. The molecule has 1 aliphatic carbocycles. The Labute approximate surface area is 200 Å². The van der Waals surface area contributed by atoms with Crippen molar-refractivity contribution in [1.29, 1.82) is 0 Å². The molecule has 0 saturated heterocycles. The van der Waals surface area contributed by atoms with E-state index in [4.69, 9.17) is 27.9 Å². The molecule has 1 fully saturated rings. The number of nitrogens with one attached hydrogen (secondary N) is 1. The highest BCUT2D eigenvalue weighted by atomic mass is 35.5. The number of carbonyl (C=O) groups excluding carboxylic acids is 2. The zero-order chi connectivity index (χ0) is 22.9. The van der Waals surface area contributed by atoms with E-state index in [-0.39, 0.29) is 31.0 Å². The first-order valence-electron chi connectivity index (χ1n) is 11.2. The standard InChI is InChI=1S/C25H30Cl2N2O3/c1-2-23(25(31)28-20-9-4-3-5-10-20)29(16-18-8-6-7-11-22(18)27)24(30)17-32-21-14-12-19(26)13-15-21/h6-8,11-15,20,23H,2-5,9-10,16-17H2,1H3,(H,28,31)/t23-/m1/s1. The van der Waals surface area contributed by atoms with Crippen LogP contribution >= 0.6 is 23.2 Å². The number of hydrogen-bond acceptors (Lipinski definition) is 3. The van der Waals surface area contributed by atoms with E-state index in [0.717, 1.165) is 31.2 Å². The van der Waals surface area contributed by atoms with Gasteiger partial charge in [0.15, 0.2) is 6.61 Å². The molecule has 2 amide bonds. The number of hydrogen-bond donors (Lipinski definition) is 1. The lowest BCUT2D eigenvalue weighted by molar-refractivity contribution is -0.143. The molecule has 2 aromatic rings. The molecule has 172 valence electrons. The van der Waals surface area contributed by atoms with Crippen molar-refractivity contribution in [2.75, 3.05) is 6.61 Å². The van der Waals surface area contributed by atoms with Crippen molar-refractivity contribution in [3.05, 3.63) is 64.1 Å². The molecule has 0 spiro atoms. The molecular weight excluding hydrogens is 447 g/mol. The number of ether oxygens (including phenoxy) is 1. The van der Waals surface area contributed by atoms with Crippen LogP contribution in [0, 0.1) is 0 Å². The third kappa shape index (κ3) is 6.88. The monoisotopic (exact) mass is 476 g/mol. The molecule has 1 aliphatic rings. The quantitative estimate of drug-likeness (QED) is 0.510. The van der Waals surface area contributed by atoms with Crippen LogP contribution < -0.4 is 10.1 Å². The number of carbonyl (C=O) groups is 2. The van der Waals surface area contributed by atoms with E-state index in [1.54, 1.807) is 35.2 Å². The third-order valence-electron chi connectivity index (χ3n) is 5.81. The summed E-state index contributed by atoms with van der Waals surface area (Å²) < 4.78 is 5.68. The molecule has 2 aromatic carbocycles. The Morgan fingerprint density at radius 3 is 2.41 bits per heavy atom. The van der Waals surface area contributed by atoms with Crippen LogP contribution in [0.3, 0.4) is 0 Å². The van der Waals surface area contributed by atoms with Crippen molar-refractivity contribution in [2.45, 2.75) is 64.1 Å². The molecular formula is C25H30Cl2N2O3. The van der Waals surface area contributed by atoms with Gasteiger partial charge < -0.3 is 15.0 Å². The van der Waals surface area contributed by atoms with Gasteiger partial charge in [0.2, 0.25) is 5.91 Å². The number of nitrogens with zero attached hydrogens (tertiary/aromatic N) is 1. The summed E-state index contributed by atoms with van der Waals surface area (Å²) in [5.74, 6) is 0.150. The van der Waals surface area contributed by atoms with Crippen LogP contribution in [-0.4, -0.2) is 35.4 Å². The van der Waals surface area contributed by atoms with Crippen LogP contribution in [0.2, 0.25) is 10.0 Å². The Balaban J connectivity index is 1.75. The smallest absolute Gasteiger partial charge is 0.261 e. The van der Waals surface area contributed by atoms with Crippen LogP contribution in [0.1, 0.15) is 51.0 Å². The van der Waals surface area contributed by atoms with Crippen molar-refractivity contribution in [3.8, 4) is 5.75 Å². The first kappa shape index (κ1) is 24.4. The zero-order valence-electron chi connectivity index (χ0n) is 18.4. The fraction of sp³-hybridized carbons (Fsp3) is 0.440. The summed E-state index contributed by atoms with van der Waals surface area (Å²) in [4.78, 5) is 28.0. The van der Waals surface area contributed by atoms with Crippen LogP contribution in [0.4, 0.5) is 0 Å². The zero-order valence-corrected chi connectivity index (χ0v) is 19.9. The average molecular weight is 477 g/mol. The van der Waals surface area contributed by atoms with Crippen molar-refractivity contribution in [1.82, 2.24) is 10.2 Å². The highest BCUT2D eigenvalue weighted by Crippen LogP contribution is 2.22. The van der Waals surface area contributed by atoms with Gasteiger partial charge in [0.05, 0.1) is 0 Å². The lowest BCUT2D eigenvalue weighted by Gasteiger charge is -2.33. The van der Waals surface area contributed by atoms with Crippen molar-refractivity contribution >= 4 is 35.0 Å². The third-order valence-corrected chi connectivity index (χ3v) is 6.43. The summed E-state index contributed by atoms with van der Waals surface area (Å²) in [7, 11) is 0. The topological polar surface area (TPSA) is 58.6 Å². The Morgan fingerprint density at radius 2 is 1.75 bits per heavy atom. The molecule has 1 N–H and O–H groups in total. The number of rotatable bonds is 9. The number of amides is 2. The minimum absolute atomic E-state index is 0.119. The maximum absolute atomic E-state index is 13.2. The van der Waals surface area contributed by atoms with E-state index in [9.17, 15) is 9.59 Å². The summed E-state index contributed by atoms with van der Waals surface area (Å²) in [6, 6.07) is 13.8. The Kier molecular flexibility index (Phi) is 9.24. The number of halogens is 2. The summed E-state index contributed by atoms with van der Waals surface area (Å²) in [5.41, 5.74) is 0.790. The van der Waals surface area contributed by atoms with Gasteiger partial charge in [-0.1, -0.05) is 67.6 Å². The molecule has 0 radical (unpaired) electrons. The minimum atomic E-state index is -0.602. The SMILES string of the molecule is CC[C@H](C(=O)NC1CCCCC1)N(Cc1ccccc1Cl)C(=O)COc1ccc(Cl)cc1. The van der Waals surface area contributed by atoms with Crippen LogP contribution in [0.25, 0.3) is 0 Å². The Hall–Kier alpha value is -2.24. The summed E-state index contributed by atoms with van der Waals surface area (Å²) >= 11 is 12.3. The molecule has 32 heavy (non-hydrogen) atoms. The number of benzene rings is 2. The molecule has 1 saturated carbocycles. The minimum Gasteiger partial charge on any atom is -0.484 e. The lowest BCUT2D eigenvalue weighted by atomic mass is 9.95. The predicted molar refractivity (Wildman–Crippen MR) is 128 cm³/mol. The highest BCUT2D eigenvalue weighted by molar-refractivity contribution is 6.31. The van der Waals surface area contributed by atoms with Crippen molar-refractivity contribution in [2.24, 2.45) is 0 Å². The van der Waals surface area contributed by atoms with Crippen LogP contribution in [-0.2, 0) is 16.1 Å². The molecule has 0 bridgehead atoms. The maximum atomic E-state index is 13.2. The van der Waals surface area contributed by atoms with Crippen molar-refractivity contribution < 1.29 is 14.3 Å². The summed E-state index contributed by atoms with van der Waals surface area (Å²) in [5, 5.41) is 4.32. The van der Waals surface area contributed by atoms with Gasteiger partial charge in [0, 0.05) is 22.6 Å². The van der Waals surface area contributed by atoms with E-state index in [2.05, 4.69) is 5.32 Å². The predicted octanol–water partition coefficient (Wildman–Crippen LogP) is 5.63. The normalized spacial score (nSPS) is 15.1. The molecule has 1 atom stereocenters. The van der Waals surface area contributed by atoms with Gasteiger partial charge in [0.25, 0.3) is 5.91 Å². The fourth-order valence-electron chi connectivity index (χ4n) is 4.03. The molecule has 0 heterocycles. The second-order valence-corrected chi connectivity index (χ2v) is 8.97. The van der Waals surface area contributed by atoms with E-state index >= 15 is 0 Å². The van der Waals surface area contributed by atoms with Gasteiger partial charge in [-0.25, -0.2) is 0 Å². The van der Waals surface area contributed by atoms with Gasteiger partial charge in [0.1, 0.15) is 11.8 Å². The van der Waals surface area contributed by atoms with E-state index < -0.39 is 6.04 Å². The summed E-state index contributed by atoms with van der Waals surface area (Å²) in [6.07, 6.45) is 5.93. The Morgan fingerprint density at radius 1 is 1.06 bits per heavy atom. The molecule has 0 aromatic heterocycles. The lowest BCUT2D eigenvalue weighted by Crippen LogP contribution is -2.52. The first-order chi connectivity index (χ1) is 15.5. The van der Waals surface area contributed by atoms with E-state index in [1.165, 1.54) is 6.42 Å².